The molecular weight excluding hydrogens is 196 g/mol. The van der Waals surface area contributed by atoms with E-state index in [-0.39, 0.29) is 18.4 Å². The van der Waals surface area contributed by atoms with E-state index >= 15 is 0 Å². The normalized spacial score (nSPS) is 21.0. The Hall–Kier alpha value is -1.10. The second kappa shape index (κ2) is 5.70. The van der Waals surface area contributed by atoms with Crippen LogP contribution in [0.4, 0.5) is 0 Å². The van der Waals surface area contributed by atoms with Gasteiger partial charge in [-0.1, -0.05) is 0 Å². The Labute approximate surface area is 89.4 Å². The fraction of sp³-hybridized carbons (Fsp3) is 0.800. The fourth-order valence-electron chi connectivity index (χ4n) is 1.83. The minimum absolute atomic E-state index is 0.0351. The molecule has 1 fully saturated rings. The van der Waals surface area contributed by atoms with Gasteiger partial charge in [0, 0.05) is 13.1 Å². The number of piperidine rings is 1. The van der Waals surface area contributed by atoms with Gasteiger partial charge in [0.25, 0.3) is 0 Å². The number of hydrogen-bond acceptors (Lipinski definition) is 3. The Bertz CT molecular complexity index is 237. The van der Waals surface area contributed by atoms with E-state index in [2.05, 4.69) is 5.32 Å². The summed E-state index contributed by atoms with van der Waals surface area (Å²) >= 11 is 0. The SMILES string of the molecule is CCN(CC(=O)O)C(=O)C1CCCNC1. The largest absolute Gasteiger partial charge is 0.480 e. The highest BCUT2D eigenvalue weighted by Gasteiger charge is 2.25. The number of aliphatic carboxylic acids is 1. The lowest BCUT2D eigenvalue weighted by molar-refractivity contribution is -0.146. The molecule has 1 aliphatic heterocycles. The van der Waals surface area contributed by atoms with Crippen molar-refractivity contribution >= 4 is 11.9 Å². The average Bonchev–Trinajstić information content (AvgIpc) is 2.26. The minimum Gasteiger partial charge on any atom is -0.480 e. The summed E-state index contributed by atoms with van der Waals surface area (Å²) in [5.41, 5.74) is 0. The zero-order valence-corrected chi connectivity index (χ0v) is 9.03. The highest BCUT2D eigenvalue weighted by atomic mass is 16.4. The van der Waals surface area contributed by atoms with Gasteiger partial charge in [-0.25, -0.2) is 0 Å². The number of carbonyl (C=O) groups is 2. The average molecular weight is 214 g/mol. The molecule has 1 atom stereocenters. The molecule has 0 aromatic heterocycles. The molecule has 5 heteroatoms. The van der Waals surface area contributed by atoms with E-state index in [0.29, 0.717) is 13.1 Å². The van der Waals surface area contributed by atoms with Gasteiger partial charge in [0.1, 0.15) is 6.54 Å². The van der Waals surface area contributed by atoms with Gasteiger partial charge in [0.15, 0.2) is 0 Å². The van der Waals surface area contributed by atoms with Gasteiger partial charge >= 0.3 is 5.97 Å². The molecule has 2 N–H and O–H groups in total. The summed E-state index contributed by atoms with van der Waals surface area (Å²) in [6.45, 7) is 3.70. The Balaban J connectivity index is 2.50. The van der Waals surface area contributed by atoms with E-state index in [1.54, 1.807) is 6.92 Å². The maximum atomic E-state index is 11.9. The molecule has 0 radical (unpaired) electrons. The van der Waals surface area contributed by atoms with Crippen LogP contribution in [0.15, 0.2) is 0 Å². The van der Waals surface area contributed by atoms with Crippen molar-refractivity contribution in [1.82, 2.24) is 10.2 Å². The molecule has 1 heterocycles. The van der Waals surface area contributed by atoms with Crippen LogP contribution in [0.5, 0.6) is 0 Å². The summed E-state index contributed by atoms with van der Waals surface area (Å²) < 4.78 is 0. The fourth-order valence-corrected chi connectivity index (χ4v) is 1.83. The molecule has 1 amide bonds. The predicted molar refractivity (Wildman–Crippen MR) is 55.5 cm³/mol. The van der Waals surface area contributed by atoms with E-state index in [0.717, 1.165) is 19.4 Å². The summed E-state index contributed by atoms with van der Waals surface area (Å²) in [6.07, 6.45) is 1.85. The molecule has 0 aromatic rings. The van der Waals surface area contributed by atoms with Crippen molar-refractivity contribution in [2.24, 2.45) is 5.92 Å². The number of carboxylic acids is 1. The lowest BCUT2D eigenvalue weighted by Crippen LogP contribution is -2.44. The minimum atomic E-state index is -0.950. The quantitative estimate of drug-likeness (QED) is 0.686. The van der Waals surface area contributed by atoms with Gasteiger partial charge in [0.2, 0.25) is 5.91 Å². The first kappa shape index (κ1) is 12.0. The van der Waals surface area contributed by atoms with Crippen LogP contribution in [0.25, 0.3) is 0 Å². The molecule has 1 rings (SSSR count). The summed E-state index contributed by atoms with van der Waals surface area (Å²) in [5.74, 6) is -1.03. The standard InChI is InChI=1S/C10H18N2O3/c1-2-12(7-9(13)14)10(15)8-4-3-5-11-6-8/h8,11H,2-7H2,1H3,(H,13,14). The zero-order valence-electron chi connectivity index (χ0n) is 9.03. The summed E-state index contributed by atoms with van der Waals surface area (Å²) in [4.78, 5) is 23.8. The van der Waals surface area contributed by atoms with Crippen LogP contribution in [0.1, 0.15) is 19.8 Å². The number of rotatable bonds is 4. The van der Waals surface area contributed by atoms with Gasteiger partial charge in [0.05, 0.1) is 5.92 Å². The summed E-state index contributed by atoms with van der Waals surface area (Å²) in [6, 6.07) is 0. The van der Waals surface area contributed by atoms with Crippen LogP contribution in [0.3, 0.4) is 0 Å². The first-order valence-corrected chi connectivity index (χ1v) is 5.36. The summed E-state index contributed by atoms with van der Waals surface area (Å²) in [5, 5.41) is 11.8. The number of carbonyl (C=O) groups excluding carboxylic acids is 1. The Kier molecular flexibility index (Phi) is 4.55. The maximum Gasteiger partial charge on any atom is 0.323 e. The molecule has 0 spiro atoms. The van der Waals surface area contributed by atoms with Crippen molar-refractivity contribution in [3.05, 3.63) is 0 Å². The van der Waals surface area contributed by atoms with Crippen LogP contribution in [-0.2, 0) is 9.59 Å². The Morgan fingerprint density at radius 3 is 2.73 bits per heavy atom. The van der Waals surface area contributed by atoms with E-state index < -0.39 is 5.97 Å². The molecule has 1 saturated heterocycles. The second-order valence-electron chi connectivity index (χ2n) is 3.79. The third-order valence-electron chi connectivity index (χ3n) is 2.67. The first-order valence-electron chi connectivity index (χ1n) is 5.36. The third kappa shape index (κ3) is 3.51. The van der Waals surface area contributed by atoms with Crippen LogP contribution >= 0.6 is 0 Å². The Morgan fingerprint density at radius 1 is 1.53 bits per heavy atom. The van der Waals surface area contributed by atoms with Crippen LogP contribution in [0.2, 0.25) is 0 Å². The molecule has 5 nitrogen and oxygen atoms in total. The lowest BCUT2D eigenvalue weighted by Gasteiger charge is -2.27. The van der Waals surface area contributed by atoms with Crippen molar-refractivity contribution in [3.63, 3.8) is 0 Å². The number of amides is 1. The van der Waals surface area contributed by atoms with E-state index in [1.807, 2.05) is 0 Å². The van der Waals surface area contributed by atoms with Gasteiger partial charge in [-0.2, -0.15) is 0 Å². The van der Waals surface area contributed by atoms with Crippen molar-refractivity contribution < 1.29 is 14.7 Å². The maximum absolute atomic E-state index is 11.9. The van der Waals surface area contributed by atoms with Crippen molar-refractivity contribution in [3.8, 4) is 0 Å². The number of hydrogen-bond donors (Lipinski definition) is 2. The molecule has 0 aromatic carbocycles. The van der Waals surface area contributed by atoms with Gasteiger partial charge in [-0.05, 0) is 26.3 Å². The molecular formula is C10H18N2O3. The van der Waals surface area contributed by atoms with Crippen molar-refractivity contribution in [1.29, 1.82) is 0 Å². The molecule has 0 saturated carbocycles. The number of nitrogens with zero attached hydrogens (tertiary/aromatic N) is 1. The number of nitrogens with one attached hydrogen (secondary N) is 1. The van der Waals surface area contributed by atoms with Crippen molar-refractivity contribution in [2.75, 3.05) is 26.2 Å². The molecule has 15 heavy (non-hydrogen) atoms. The molecule has 0 aliphatic carbocycles. The number of likely N-dealkylation sites (N-methyl/N-ethyl adjacent to an activating group) is 1. The molecule has 0 bridgehead atoms. The monoisotopic (exact) mass is 214 g/mol. The van der Waals surface area contributed by atoms with E-state index in [4.69, 9.17) is 5.11 Å². The third-order valence-corrected chi connectivity index (χ3v) is 2.67. The first-order chi connectivity index (χ1) is 7.15. The topological polar surface area (TPSA) is 69.6 Å². The molecule has 1 unspecified atom stereocenters. The molecule has 1 aliphatic rings. The molecule has 86 valence electrons. The van der Waals surface area contributed by atoms with Gasteiger partial charge in [-0.3, -0.25) is 9.59 Å². The van der Waals surface area contributed by atoms with Crippen LogP contribution < -0.4 is 5.32 Å². The van der Waals surface area contributed by atoms with Gasteiger partial charge < -0.3 is 15.3 Å². The summed E-state index contributed by atoms with van der Waals surface area (Å²) in [7, 11) is 0. The van der Waals surface area contributed by atoms with E-state index in [9.17, 15) is 9.59 Å². The van der Waals surface area contributed by atoms with Gasteiger partial charge in [-0.15, -0.1) is 0 Å². The highest BCUT2D eigenvalue weighted by molar-refractivity contribution is 5.83. The zero-order chi connectivity index (χ0) is 11.3. The van der Waals surface area contributed by atoms with E-state index in [1.165, 1.54) is 4.90 Å². The van der Waals surface area contributed by atoms with Crippen LogP contribution in [-0.4, -0.2) is 48.1 Å². The highest BCUT2D eigenvalue weighted by Crippen LogP contribution is 2.13. The smallest absolute Gasteiger partial charge is 0.323 e. The predicted octanol–water partition coefficient (Wildman–Crippen LogP) is -0.0809. The number of carboxylic acid groups (broad SMARTS) is 1. The second-order valence-corrected chi connectivity index (χ2v) is 3.79. The lowest BCUT2D eigenvalue weighted by atomic mass is 9.98. The van der Waals surface area contributed by atoms with Crippen LogP contribution in [0, 0.1) is 5.92 Å². The Morgan fingerprint density at radius 2 is 2.27 bits per heavy atom. The van der Waals surface area contributed by atoms with Crippen molar-refractivity contribution in [2.45, 2.75) is 19.8 Å².